The lowest BCUT2D eigenvalue weighted by Crippen LogP contribution is -2.39. The maximum Gasteiger partial charge on any atom is 0.243 e. The average Bonchev–Trinajstić information content (AvgIpc) is 2.86. The quantitative estimate of drug-likeness (QED) is 0.860. The van der Waals surface area contributed by atoms with Gasteiger partial charge in [-0.2, -0.15) is 0 Å². The number of hydrogen-bond donors (Lipinski definition) is 2. The van der Waals surface area contributed by atoms with Gasteiger partial charge in [0.25, 0.3) is 0 Å². The molecule has 2 aromatic rings. The number of nitrogens with two attached hydrogens (primary N) is 1. The van der Waals surface area contributed by atoms with Crippen molar-refractivity contribution in [1.29, 1.82) is 0 Å². The van der Waals surface area contributed by atoms with E-state index in [0.29, 0.717) is 5.13 Å². The smallest absolute Gasteiger partial charge is 0.243 e. The molecule has 1 amide bonds. The van der Waals surface area contributed by atoms with E-state index in [1.54, 1.807) is 7.11 Å². The van der Waals surface area contributed by atoms with Gasteiger partial charge in [-0.15, -0.1) is 23.7 Å². The number of aryl methyl sites for hydroxylation is 1. The van der Waals surface area contributed by atoms with Crippen molar-refractivity contribution in [3.63, 3.8) is 0 Å². The minimum absolute atomic E-state index is 0. The van der Waals surface area contributed by atoms with E-state index in [1.807, 2.05) is 45.0 Å². The molecule has 0 saturated carbocycles. The molecule has 0 saturated heterocycles. The number of amides is 1. The molecule has 0 radical (unpaired) electrons. The standard InChI is InChI=1S/C16H21N3O2S.ClH/c1-9(2)13(17)15(20)19-16-18-14(10(3)22-16)11-5-7-12(21-4)8-6-11;/h5-9,13H,17H2,1-4H3,(H,18,19,20);1H/t13-;/m0./s1. The maximum atomic E-state index is 12.0. The van der Waals surface area contributed by atoms with Crippen LogP contribution in [0, 0.1) is 12.8 Å². The van der Waals surface area contributed by atoms with E-state index in [4.69, 9.17) is 10.5 Å². The van der Waals surface area contributed by atoms with Crippen LogP contribution in [-0.2, 0) is 4.79 Å². The number of carbonyl (C=O) groups is 1. The summed E-state index contributed by atoms with van der Waals surface area (Å²) in [6.45, 7) is 5.82. The second kappa shape index (κ2) is 8.29. The molecule has 1 atom stereocenters. The number of aromatic nitrogens is 1. The molecule has 0 aliphatic heterocycles. The fourth-order valence-electron chi connectivity index (χ4n) is 1.96. The highest BCUT2D eigenvalue weighted by molar-refractivity contribution is 7.16. The molecule has 7 heteroatoms. The molecule has 0 bridgehead atoms. The monoisotopic (exact) mass is 355 g/mol. The van der Waals surface area contributed by atoms with Gasteiger partial charge in [-0.1, -0.05) is 13.8 Å². The molecule has 0 unspecified atom stereocenters. The van der Waals surface area contributed by atoms with Crippen LogP contribution < -0.4 is 15.8 Å². The Balaban J connectivity index is 0.00000264. The molecule has 5 nitrogen and oxygen atoms in total. The van der Waals surface area contributed by atoms with E-state index >= 15 is 0 Å². The number of methoxy groups -OCH3 is 1. The van der Waals surface area contributed by atoms with Crippen LogP contribution in [0.2, 0.25) is 0 Å². The number of halogens is 1. The zero-order chi connectivity index (χ0) is 16.3. The van der Waals surface area contributed by atoms with Gasteiger partial charge in [0.15, 0.2) is 5.13 Å². The highest BCUT2D eigenvalue weighted by Gasteiger charge is 2.19. The lowest BCUT2D eigenvalue weighted by atomic mass is 10.1. The number of nitrogens with zero attached hydrogens (tertiary/aromatic N) is 1. The number of nitrogens with one attached hydrogen (secondary N) is 1. The van der Waals surface area contributed by atoms with E-state index in [9.17, 15) is 4.79 Å². The van der Waals surface area contributed by atoms with Crippen LogP contribution in [0.25, 0.3) is 11.3 Å². The van der Waals surface area contributed by atoms with Crippen molar-refractivity contribution in [2.75, 3.05) is 12.4 Å². The number of benzene rings is 1. The van der Waals surface area contributed by atoms with E-state index in [0.717, 1.165) is 21.9 Å². The molecule has 23 heavy (non-hydrogen) atoms. The Kier molecular flexibility index (Phi) is 7.00. The number of thiazole rings is 1. The Morgan fingerprint density at radius 1 is 1.30 bits per heavy atom. The van der Waals surface area contributed by atoms with E-state index in [-0.39, 0.29) is 24.2 Å². The summed E-state index contributed by atoms with van der Waals surface area (Å²) in [5, 5.41) is 3.37. The van der Waals surface area contributed by atoms with Crippen LogP contribution >= 0.6 is 23.7 Å². The summed E-state index contributed by atoms with van der Waals surface area (Å²) in [5.74, 6) is 0.681. The Hall–Kier alpha value is -1.63. The third-order valence-electron chi connectivity index (χ3n) is 3.41. The predicted octanol–water partition coefficient (Wildman–Crippen LogP) is 3.47. The zero-order valence-electron chi connectivity index (χ0n) is 13.6. The van der Waals surface area contributed by atoms with E-state index in [2.05, 4.69) is 10.3 Å². The van der Waals surface area contributed by atoms with Crippen LogP contribution in [0.1, 0.15) is 18.7 Å². The molecular formula is C16H22ClN3O2S. The molecular weight excluding hydrogens is 334 g/mol. The minimum Gasteiger partial charge on any atom is -0.497 e. The fraction of sp³-hybridized carbons (Fsp3) is 0.375. The lowest BCUT2D eigenvalue weighted by Gasteiger charge is -2.13. The summed E-state index contributed by atoms with van der Waals surface area (Å²) in [6, 6.07) is 7.15. The van der Waals surface area contributed by atoms with Gasteiger partial charge >= 0.3 is 0 Å². The van der Waals surface area contributed by atoms with Gasteiger partial charge in [0.2, 0.25) is 5.91 Å². The lowest BCUT2D eigenvalue weighted by molar-refractivity contribution is -0.118. The second-order valence-corrected chi connectivity index (χ2v) is 6.61. The first-order valence-corrected chi connectivity index (χ1v) is 7.92. The van der Waals surface area contributed by atoms with Gasteiger partial charge in [-0.3, -0.25) is 4.79 Å². The summed E-state index contributed by atoms with van der Waals surface area (Å²) in [5.41, 5.74) is 7.70. The predicted molar refractivity (Wildman–Crippen MR) is 97.5 cm³/mol. The molecule has 1 aromatic heterocycles. The van der Waals surface area contributed by atoms with Crippen LogP contribution in [0.15, 0.2) is 24.3 Å². The SMILES string of the molecule is COc1ccc(-c2nc(NC(=O)[C@@H](N)C(C)C)sc2C)cc1.Cl. The number of ether oxygens (including phenoxy) is 1. The molecule has 0 aliphatic rings. The highest BCUT2D eigenvalue weighted by Crippen LogP contribution is 2.31. The van der Waals surface area contributed by atoms with Crippen LogP contribution in [0.4, 0.5) is 5.13 Å². The van der Waals surface area contributed by atoms with Gasteiger partial charge in [0.05, 0.1) is 18.8 Å². The first kappa shape index (κ1) is 19.4. The Bertz CT molecular complexity index is 656. The Morgan fingerprint density at radius 3 is 2.43 bits per heavy atom. The molecule has 0 aliphatic carbocycles. The van der Waals surface area contributed by atoms with Crippen molar-refractivity contribution in [1.82, 2.24) is 4.98 Å². The second-order valence-electron chi connectivity index (χ2n) is 5.41. The maximum absolute atomic E-state index is 12.0. The summed E-state index contributed by atoms with van der Waals surface area (Å²) >= 11 is 1.45. The Morgan fingerprint density at radius 2 is 1.91 bits per heavy atom. The van der Waals surface area contributed by atoms with Gasteiger partial charge in [0, 0.05) is 10.4 Å². The summed E-state index contributed by atoms with van der Waals surface area (Å²) in [7, 11) is 1.63. The van der Waals surface area contributed by atoms with Crippen molar-refractivity contribution < 1.29 is 9.53 Å². The molecule has 1 aromatic carbocycles. The Labute approximate surface area is 146 Å². The van der Waals surface area contributed by atoms with Gasteiger partial charge in [-0.05, 0) is 37.1 Å². The largest absolute Gasteiger partial charge is 0.497 e. The van der Waals surface area contributed by atoms with Crippen molar-refractivity contribution in [3.05, 3.63) is 29.1 Å². The van der Waals surface area contributed by atoms with Crippen molar-refractivity contribution >= 4 is 34.8 Å². The normalized spacial score (nSPS) is 11.7. The summed E-state index contributed by atoms with van der Waals surface area (Å²) in [6.07, 6.45) is 0. The number of rotatable bonds is 5. The third-order valence-corrected chi connectivity index (χ3v) is 4.30. The molecule has 0 spiro atoms. The first-order chi connectivity index (χ1) is 10.4. The number of anilines is 1. The van der Waals surface area contributed by atoms with E-state index < -0.39 is 6.04 Å². The van der Waals surface area contributed by atoms with Crippen LogP contribution in [0.3, 0.4) is 0 Å². The van der Waals surface area contributed by atoms with Gasteiger partial charge < -0.3 is 15.8 Å². The van der Waals surface area contributed by atoms with E-state index in [1.165, 1.54) is 11.3 Å². The van der Waals surface area contributed by atoms with Gasteiger partial charge in [-0.25, -0.2) is 4.98 Å². The molecule has 3 N–H and O–H groups in total. The minimum atomic E-state index is -0.534. The number of hydrogen-bond acceptors (Lipinski definition) is 5. The zero-order valence-corrected chi connectivity index (χ0v) is 15.3. The van der Waals surface area contributed by atoms with Crippen molar-refractivity contribution in [2.24, 2.45) is 11.7 Å². The summed E-state index contributed by atoms with van der Waals surface area (Å²) < 4.78 is 5.15. The van der Waals surface area contributed by atoms with Crippen molar-refractivity contribution in [3.8, 4) is 17.0 Å². The van der Waals surface area contributed by atoms with Crippen LogP contribution in [-0.4, -0.2) is 24.0 Å². The first-order valence-electron chi connectivity index (χ1n) is 7.10. The fourth-order valence-corrected chi connectivity index (χ4v) is 2.80. The van der Waals surface area contributed by atoms with Crippen LogP contribution in [0.5, 0.6) is 5.75 Å². The topological polar surface area (TPSA) is 77.2 Å². The molecule has 0 fully saturated rings. The molecule has 1 heterocycles. The van der Waals surface area contributed by atoms with Gasteiger partial charge in [0.1, 0.15) is 5.75 Å². The third kappa shape index (κ3) is 4.67. The highest BCUT2D eigenvalue weighted by atomic mass is 35.5. The number of carbonyl (C=O) groups excluding carboxylic acids is 1. The summed E-state index contributed by atoms with van der Waals surface area (Å²) in [4.78, 5) is 17.6. The average molecular weight is 356 g/mol. The van der Waals surface area contributed by atoms with Crippen molar-refractivity contribution in [2.45, 2.75) is 26.8 Å². The molecule has 126 valence electrons. The molecule has 2 rings (SSSR count).